The molecule has 5 aliphatic rings. The molecule has 0 spiro atoms. The van der Waals surface area contributed by atoms with Gasteiger partial charge in [0, 0.05) is 0 Å². The number of carbonyl (C=O) groups is 1. The van der Waals surface area contributed by atoms with E-state index in [1.807, 2.05) is 0 Å². The Labute approximate surface area is 201 Å². The molecule has 0 aromatic carbocycles. The van der Waals surface area contributed by atoms with Crippen LogP contribution in [-0.4, -0.2) is 22.3 Å². The number of fused-ring (bicyclic) bond motifs is 7. The van der Waals surface area contributed by atoms with E-state index in [2.05, 4.69) is 54.5 Å². The Bertz CT molecular complexity index is 885. The minimum absolute atomic E-state index is 0.0301. The molecule has 0 amide bonds. The van der Waals surface area contributed by atoms with Crippen LogP contribution in [0, 0.1) is 50.2 Å². The molecule has 4 saturated carbocycles. The van der Waals surface area contributed by atoms with Crippen LogP contribution in [0.15, 0.2) is 11.6 Å². The Morgan fingerprint density at radius 1 is 0.879 bits per heavy atom. The molecule has 5 rings (SSSR count). The van der Waals surface area contributed by atoms with E-state index in [1.54, 1.807) is 0 Å². The summed E-state index contributed by atoms with van der Waals surface area (Å²) in [6.07, 6.45) is 12.6. The van der Waals surface area contributed by atoms with Gasteiger partial charge in [-0.2, -0.15) is 0 Å². The van der Waals surface area contributed by atoms with E-state index >= 15 is 0 Å². The minimum Gasteiger partial charge on any atom is -0.481 e. The molecule has 5 aliphatic carbocycles. The molecule has 33 heavy (non-hydrogen) atoms. The standard InChI is InChI=1S/C30H48O3/c1-25(2)14-16-30(24(32)33)17-15-28(6)19(20(30)18-25)8-9-22-27(5)12-11-23(31)26(3,4)21(27)10-13-29(22,28)7/h8,20-23,31H,9-18H2,1-7H3,(H,32,33)/t20?,21?,22?,23-,27-,28+,29+,30?/m0/s1. The van der Waals surface area contributed by atoms with Crippen LogP contribution in [0.2, 0.25) is 0 Å². The number of carboxylic acid groups (broad SMARTS) is 1. The second-order valence-corrected chi connectivity index (χ2v) is 15.1. The van der Waals surface area contributed by atoms with Crippen molar-refractivity contribution in [3.63, 3.8) is 0 Å². The molecular weight excluding hydrogens is 408 g/mol. The highest BCUT2D eigenvalue weighted by molar-refractivity contribution is 5.76. The van der Waals surface area contributed by atoms with Gasteiger partial charge in [0.15, 0.2) is 0 Å². The highest BCUT2D eigenvalue weighted by Gasteiger charge is 2.69. The van der Waals surface area contributed by atoms with Gasteiger partial charge in [-0.25, -0.2) is 0 Å². The Kier molecular flexibility index (Phi) is 4.99. The van der Waals surface area contributed by atoms with Crippen LogP contribution in [0.3, 0.4) is 0 Å². The van der Waals surface area contributed by atoms with Crippen molar-refractivity contribution in [2.24, 2.45) is 50.2 Å². The van der Waals surface area contributed by atoms with Gasteiger partial charge in [0.25, 0.3) is 0 Å². The summed E-state index contributed by atoms with van der Waals surface area (Å²) in [7, 11) is 0. The average molecular weight is 457 g/mol. The smallest absolute Gasteiger partial charge is 0.310 e. The highest BCUT2D eigenvalue weighted by atomic mass is 16.4. The van der Waals surface area contributed by atoms with Crippen molar-refractivity contribution in [2.75, 3.05) is 0 Å². The summed E-state index contributed by atoms with van der Waals surface area (Å²) in [6, 6.07) is 0. The number of hydrogen-bond donors (Lipinski definition) is 2. The van der Waals surface area contributed by atoms with Gasteiger partial charge in [0.05, 0.1) is 11.5 Å². The first-order chi connectivity index (χ1) is 15.1. The lowest BCUT2D eigenvalue weighted by atomic mass is 9.33. The number of aliphatic hydroxyl groups is 1. The molecule has 0 aromatic rings. The Morgan fingerprint density at radius 2 is 1.55 bits per heavy atom. The second kappa shape index (κ2) is 6.89. The van der Waals surface area contributed by atoms with Gasteiger partial charge >= 0.3 is 5.97 Å². The van der Waals surface area contributed by atoms with Crippen LogP contribution >= 0.6 is 0 Å². The molecule has 0 aliphatic heterocycles. The van der Waals surface area contributed by atoms with Crippen molar-refractivity contribution in [1.29, 1.82) is 0 Å². The number of hydrogen-bond acceptors (Lipinski definition) is 2. The van der Waals surface area contributed by atoms with Crippen molar-refractivity contribution in [3.05, 3.63) is 11.6 Å². The second-order valence-electron chi connectivity index (χ2n) is 15.1. The molecule has 0 aromatic heterocycles. The lowest BCUT2D eigenvalue weighted by molar-refractivity contribution is -0.205. The zero-order valence-electron chi connectivity index (χ0n) is 22.3. The summed E-state index contributed by atoms with van der Waals surface area (Å²) in [5.41, 5.74) is 1.68. The molecule has 8 atom stereocenters. The maximum Gasteiger partial charge on any atom is 0.310 e. The quantitative estimate of drug-likeness (QED) is 0.409. The third-order valence-electron chi connectivity index (χ3n) is 13.0. The van der Waals surface area contributed by atoms with Crippen LogP contribution in [-0.2, 0) is 4.79 Å². The summed E-state index contributed by atoms with van der Waals surface area (Å²) in [4.78, 5) is 12.8. The molecule has 0 radical (unpaired) electrons. The van der Waals surface area contributed by atoms with Gasteiger partial charge in [-0.15, -0.1) is 0 Å². The largest absolute Gasteiger partial charge is 0.481 e. The fourth-order valence-electron chi connectivity index (χ4n) is 10.6. The van der Waals surface area contributed by atoms with Crippen LogP contribution in [0.25, 0.3) is 0 Å². The van der Waals surface area contributed by atoms with E-state index in [4.69, 9.17) is 0 Å². The summed E-state index contributed by atoms with van der Waals surface area (Å²) < 4.78 is 0. The lowest BCUT2D eigenvalue weighted by Gasteiger charge is -2.71. The average Bonchev–Trinajstić information content (AvgIpc) is 2.71. The van der Waals surface area contributed by atoms with E-state index in [-0.39, 0.29) is 39.1 Å². The summed E-state index contributed by atoms with van der Waals surface area (Å²) in [5.74, 6) is 0.807. The normalized spacial score (nSPS) is 52.4. The molecule has 0 saturated heterocycles. The van der Waals surface area contributed by atoms with Crippen molar-refractivity contribution in [3.8, 4) is 0 Å². The highest BCUT2D eigenvalue weighted by Crippen LogP contribution is 2.75. The van der Waals surface area contributed by atoms with Crippen LogP contribution in [0.5, 0.6) is 0 Å². The van der Waals surface area contributed by atoms with E-state index in [0.29, 0.717) is 11.8 Å². The Morgan fingerprint density at radius 3 is 2.21 bits per heavy atom. The third-order valence-corrected chi connectivity index (χ3v) is 13.0. The molecular formula is C30H48O3. The van der Waals surface area contributed by atoms with Crippen molar-refractivity contribution in [2.45, 2.75) is 119 Å². The zero-order valence-corrected chi connectivity index (χ0v) is 22.3. The number of carboxylic acids is 1. The molecule has 0 bridgehead atoms. The van der Waals surface area contributed by atoms with Crippen LogP contribution in [0.4, 0.5) is 0 Å². The van der Waals surface area contributed by atoms with Crippen molar-refractivity contribution < 1.29 is 15.0 Å². The SMILES string of the molecule is CC1(C)CCC2(C(=O)O)CC[C@]3(C)C(=CCC4[C@@]5(C)CC[C@H](O)C(C)(C)C5CC[C@]43C)C2C1. The van der Waals surface area contributed by atoms with Crippen molar-refractivity contribution in [1.82, 2.24) is 0 Å². The molecule has 2 N–H and O–H groups in total. The maximum absolute atomic E-state index is 12.8. The molecule has 186 valence electrons. The van der Waals surface area contributed by atoms with Gasteiger partial charge in [0.1, 0.15) is 0 Å². The molecule has 4 unspecified atom stereocenters. The number of allylic oxidation sites excluding steroid dienone is 2. The lowest BCUT2D eigenvalue weighted by Crippen LogP contribution is -2.65. The third kappa shape index (κ3) is 2.87. The first-order valence-corrected chi connectivity index (χ1v) is 13.8. The fraction of sp³-hybridized carbons (Fsp3) is 0.900. The first-order valence-electron chi connectivity index (χ1n) is 13.8. The van der Waals surface area contributed by atoms with E-state index < -0.39 is 11.4 Å². The van der Waals surface area contributed by atoms with Gasteiger partial charge in [-0.3, -0.25) is 4.79 Å². The van der Waals surface area contributed by atoms with Crippen LogP contribution in [0.1, 0.15) is 113 Å². The predicted octanol–water partition coefficient (Wildman–Crippen LogP) is 7.23. The summed E-state index contributed by atoms with van der Waals surface area (Å²) in [5, 5.41) is 21.4. The van der Waals surface area contributed by atoms with Crippen molar-refractivity contribution >= 4 is 5.97 Å². The topological polar surface area (TPSA) is 57.5 Å². The van der Waals surface area contributed by atoms with E-state index in [0.717, 1.165) is 51.4 Å². The monoisotopic (exact) mass is 456 g/mol. The van der Waals surface area contributed by atoms with Gasteiger partial charge < -0.3 is 10.2 Å². The number of aliphatic carboxylic acids is 1. The first kappa shape index (κ1) is 23.9. The van der Waals surface area contributed by atoms with E-state index in [9.17, 15) is 15.0 Å². The van der Waals surface area contributed by atoms with Gasteiger partial charge in [-0.1, -0.05) is 60.1 Å². The van der Waals surface area contributed by atoms with E-state index in [1.165, 1.54) is 18.4 Å². The van der Waals surface area contributed by atoms with Gasteiger partial charge in [0.2, 0.25) is 0 Å². The maximum atomic E-state index is 12.8. The summed E-state index contributed by atoms with van der Waals surface area (Å²) in [6.45, 7) is 16.9. The number of rotatable bonds is 1. The number of aliphatic hydroxyl groups excluding tert-OH is 1. The fourth-order valence-corrected chi connectivity index (χ4v) is 10.6. The predicted molar refractivity (Wildman–Crippen MR) is 133 cm³/mol. The molecule has 4 fully saturated rings. The summed E-state index contributed by atoms with van der Waals surface area (Å²) >= 11 is 0. The Balaban J connectivity index is 1.60. The molecule has 0 heterocycles. The minimum atomic E-state index is -0.553. The van der Waals surface area contributed by atoms with Gasteiger partial charge in [-0.05, 0) is 109 Å². The Hall–Kier alpha value is -0.830. The molecule has 3 nitrogen and oxygen atoms in total. The van der Waals surface area contributed by atoms with Crippen LogP contribution < -0.4 is 0 Å². The molecule has 3 heteroatoms. The zero-order chi connectivity index (χ0) is 24.2.